The third-order valence-electron chi connectivity index (χ3n) is 4.36. The Labute approximate surface area is 162 Å². The molecule has 4 nitrogen and oxygen atoms in total. The molecule has 6 heteroatoms. The maximum Gasteiger partial charge on any atom is 0.175 e. The van der Waals surface area contributed by atoms with E-state index in [1.807, 2.05) is 49.5 Å². The van der Waals surface area contributed by atoms with Crippen molar-refractivity contribution >= 4 is 32.5 Å². The van der Waals surface area contributed by atoms with Crippen LogP contribution < -0.4 is 0 Å². The van der Waals surface area contributed by atoms with Crippen LogP contribution in [-0.4, -0.2) is 24.6 Å². The van der Waals surface area contributed by atoms with Gasteiger partial charge in [-0.1, -0.05) is 42.1 Å². The predicted octanol–water partition coefficient (Wildman–Crippen LogP) is 5.09. The molecule has 2 aromatic carbocycles. The number of aromatic amines is 1. The van der Waals surface area contributed by atoms with E-state index in [-0.39, 0.29) is 0 Å². The molecule has 0 aliphatic rings. The second-order valence-electron chi connectivity index (χ2n) is 6.37. The Bertz CT molecular complexity index is 1210. The lowest BCUT2D eigenvalue weighted by atomic mass is 10.1. The highest BCUT2D eigenvalue weighted by molar-refractivity contribution is 7.99. The number of aromatic nitrogens is 2. The van der Waals surface area contributed by atoms with Gasteiger partial charge in [-0.3, -0.25) is 4.98 Å². The zero-order valence-corrected chi connectivity index (χ0v) is 16.6. The third kappa shape index (κ3) is 3.50. The van der Waals surface area contributed by atoms with Gasteiger partial charge in [0.15, 0.2) is 9.84 Å². The maximum atomic E-state index is 11.7. The summed E-state index contributed by atoms with van der Waals surface area (Å²) in [4.78, 5) is 10.5. The van der Waals surface area contributed by atoms with Crippen LogP contribution in [0, 0.1) is 6.92 Å². The zero-order valence-electron chi connectivity index (χ0n) is 14.9. The van der Waals surface area contributed by atoms with Gasteiger partial charge in [-0.25, -0.2) is 8.42 Å². The van der Waals surface area contributed by atoms with Gasteiger partial charge >= 0.3 is 0 Å². The van der Waals surface area contributed by atoms with E-state index in [2.05, 4.69) is 22.1 Å². The highest BCUT2D eigenvalue weighted by atomic mass is 32.2. The SMILES string of the molecule is Cc1[nH]c2ccnc(-c3ccccc3)c2c1Sc1ccc(S(C)(=O)=O)cc1. The normalized spacial score (nSPS) is 11.8. The molecule has 0 atom stereocenters. The van der Waals surface area contributed by atoms with Crippen LogP contribution in [0.3, 0.4) is 0 Å². The number of nitrogens with zero attached hydrogens (tertiary/aromatic N) is 1. The van der Waals surface area contributed by atoms with Gasteiger partial charge in [0, 0.05) is 38.9 Å². The van der Waals surface area contributed by atoms with Crippen LogP contribution in [0.1, 0.15) is 5.69 Å². The molecule has 1 N–H and O–H groups in total. The molecule has 2 aromatic heterocycles. The molecular formula is C21H18N2O2S2. The van der Waals surface area contributed by atoms with Crippen LogP contribution in [0.2, 0.25) is 0 Å². The molecule has 0 fully saturated rings. The standard InChI is InChI=1S/C21H18N2O2S2/c1-14-21(26-16-8-10-17(11-9-16)27(2,24)25)19-18(23-14)12-13-22-20(19)15-6-4-3-5-7-15/h3-13,23H,1-2H3. The molecule has 0 radical (unpaired) electrons. The Morgan fingerprint density at radius 3 is 2.33 bits per heavy atom. The first-order chi connectivity index (χ1) is 12.9. The summed E-state index contributed by atoms with van der Waals surface area (Å²) < 4.78 is 23.3. The van der Waals surface area contributed by atoms with Crippen LogP contribution in [0.5, 0.6) is 0 Å². The maximum absolute atomic E-state index is 11.7. The number of nitrogens with one attached hydrogen (secondary N) is 1. The average molecular weight is 395 g/mol. The number of rotatable bonds is 4. The summed E-state index contributed by atoms with van der Waals surface area (Å²) in [6.07, 6.45) is 3.03. The number of fused-ring (bicyclic) bond motifs is 1. The molecule has 136 valence electrons. The van der Waals surface area contributed by atoms with Crippen molar-refractivity contribution in [3.63, 3.8) is 0 Å². The molecule has 2 heterocycles. The summed E-state index contributed by atoms with van der Waals surface area (Å²) in [5.74, 6) is 0. The fraction of sp³-hybridized carbons (Fsp3) is 0.0952. The largest absolute Gasteiger partial charge is 0.358 e. The minimum Gasteiger partial charge on any atom is -0.358 e. The summed E-state index contributed by atoms with van der Waals surface area (Å²) in [7, 11) is -3.19. The first-order valence-electron chi connectivity index (χ1n) is 8.44. The minimum absolute atomic E-state index is 0.328. The van der Waals surface area contributed by atoms with Gasteiger partial charge < -0.3 is 4.98 Å². The highest BCUT2D eigenvalue weighted by Crippen LogP contribution is 2.40. The van der Waals surface area contributed by atoms with Crippen LogP contribution in [0.4, 0.5) is 0 Å². The number of H-pyrrole nitrogens is 1. The van der Waals surface area contributed by atoms with Gasteiger partial charge in [0.1, 0.15) is 0 Å². The lowest BCUT2D eigenvalue weighted by Crippen LogP contribution is -1.95. The summed E-state index contributed by atoms with van der Waals surface area (Å²) in [5, 5.41) is 1.08. The quantitative estimate of drug-likeness (QED) is 0.523. The van der Waals surface area contributed by atoms with Crippen molar-refractivity contribution in [1.29, 1.82) is 0 Å². The van der Waals surface area contributed by atoms with Crippen molar-refractivity contribution in [2.24, 2.45) is 0 Å². The van der Waals surface area contributed by atoms with Crippen LogP contribution >= 0.6 is 11.8 Å². The van der Waals surface area contributed by atoms with Crippen LogP contribution in [0.25, 0.3) is 22.2 Å². The van der Waals surface area contributed by atoms with E-state index in [0.29, 0.717) is 4.90 Å². The fourth-order valence-corrected chi connectivity index (χ4v) is 4.71. The molecule has 4 rings (SSSR count). The second-order valence-corrected chi connectivity index (χ2v) is 9.47. The van der Waals surface area contributed by atoms with Crippen molar-refractivity contribution in [2.75, 3.05) is 6.26 Å². The number of sulfone groups is 1. The lowest BCUT2D eigenvalue weighted by molar-refractivity contribution is 0.602. The molecule has 0 spiro atoms. The average Bonchev–Trinajstić information content (AvgIpc) is 2.97. The molecule has 0 amide bonds. The minimum atomic E-state index is -3.19. The van der Waals surface area contributed by atoms with Gasteiger partial charge in [0.25, 0.3) is 0 Å². The van der Waals surface area contributed by atoms with Crippen molar-refractivity contribution in [2.45, 2.75) is 21.6 Å². The topological polar surface area (TPSA) is 62.8 Å². The molecule has 0 aliphatic carbocycles. The van der Waals surface area contributed by atoms with E-state index in [9.17, 15) is 8.42 Å². The van der Waals surface area contributed by atoms with E-state index in [1.165, 1.54) is 6.26 Å². The Morgan fingerprint density at radius 1 is 0.963 bits per heavy atom. The third-order valence-corrected chi connectivity index (χ3v) is 6.71. The molecule has 0 aliphatic heterocycles. The molecule has 0 bridgehead atoms. The number of hydrogen-bond acceptors (Lipinski definition) is 4. The molecule has 0 saturated heterocycles. The monoisotopic (exact) mass is 394 g/mol. The number of pyridine rings is 1. The van der Waals surface area contributed by atoms with E-state index < -0.39 is 9.84 Å². The fourth-order valence-electron chi connectivity index (χ4n) is 3.06. The second kappa shape index (κ2) is 6.87. The first kappa shape index (κ1) is 17.8. The molecular weight excluding hydrogens is 376 g/mol. The highest BCUT2D eigenvalue weighted by Gasteiger charge is 2.16. The number of aryl methyl sites for hydroxylation is 1. The van der Waals surface area contributed by atoms with E-state index in [4.69, 9.17) is 0 Å². The first-order valence-corrected chi connectivity index (χ1v) is 11.1. The smallest absolute Gasteiger partial charge is 0.175 e. The summed E-state index contributed by atoms with van der Waals surface area (Å²) in [6.45, 7) is 2.04. The van der Waals surface area contributed by atoms with Gasteiger partial charge in [-0.2, -0.15) is 0 Å². The van der Waals surface area contributed by atoms with Crippen molar-refractivity contribution in [1.82, 2.24) is 9.97 Å². The van der Waals surface area contributed by atoms with E-state index >= 15 is 0 Å². The van der Waals surface area contributed by atoms with Crippen LogP contribution in [0.15, 0.2) is 81.5 Å². The summed E-state index contributed by atoms with van der Waals surface area (Å²) in [5.41, 5.74) is 4.10. The molecule has 27 heavy (non-hydrogen) atoms. The molecule has 0 unspecified atom stereocenters. The van der Waals surface area contributed by atoms with Gasteiger partial charge in [-0.15, -0.1) is 0 Å². The summed E-state index contributed by atoms with van der Waals surface area (Å²) >= 11 is 1.61. The zero-order chi connectivity index (χ0) is 19.0. The molecule has 4 aromatic rings. The van der Waals surface area contributed by atoms with Gasteiger partial charge in [0.2, 0.25) is 0 Å². The lowest BCUT2D eigenvalue weighted by Gasteiger charge is -2.07. The van der Waals surface area contributed by atoms with Crippen molar-refractivity contribution < 1.29 is 8.42 Å². The van der Waals surface area contributed by atoms with Gasteiger partial charge in [0.05, 0.1) is 16.1 Å². The van der Waals surface area contributed by atoms with Crippen LogP contribution in [-0.2, 0) is 9.84 Å². The van der Waals surface area contributed by atoms with Crippen molar-refractivity contribution in [3.8, 4) is 11.3 Å². The number of benzene rings is 2. The predicted molar refractivity (Wildman–Crippen MR) is 110 cm³/mol. The number of hydrogen-bond donors (Lipinski definition) is 1. The Morgan fingerprint density at radius 2 is 1.67 bits per heavy atom. The summed E-state index contributed by atoms with van der Waals surface area (Å²) in [6, 6.07) is 19.1. The van der Waals surface area contributed by atoms with E-state index in [1.54, 1.807) is 23.9 Å². The Balaban J connectivity index is 1.81. The van der Waals surface area contributed by atoms with Crippen molar-refractivity contribution in [3.05, 3.63) is 72.6 Å². The van der Waals surface area contributed by atoms with E-state index in [0.717, 1.165) is 37.6 Å². The Hall–Kier alpha value is -2.57. The molecule has 0 saturated carbocycles. The Kier molecular flexibility index (Phi) is 4.53. The van der Waals surface area contributed by atoms with Gasteiger partial charge in [-0.05, 0) is 37.3 Å².